The van der Waals surface area contributed by atoms with E-state index >= 15 is 0 Å². The molecule has 0 saturated carbocycles. The molecule has 2 aromatic heterocycles. The quantitative estimate of drug-likeness (QED) is 0.599. The maximum absolute atomic E-state index is 12.2. The van der Waals surface area contributed by atoms with Gasteiger partial charge < -0.3 is 15.3 Å². The maximum atomic E-state index is 12.2. The highest BCUT2D eigenvalue weighted by Gasteiger charge is 2.14. The van der Waals surface area contributed by atoms with Crippen molar-refractivity contribution in [3.05, 3.63) is 59.9 Å². The third-order valence-electron chi connectivity index (χ3n) is 4.36. The molecule has 0 aliphatic heterocycles. The van der Waals surface area contributed by atoms with Gasteiger partial charge in [0.2, 0.25) is 5.88 Å². The lowest BCUT2D eigenvalue weighted by Gasteiger charge is -2.10. The van der Waals surface area contributed by atoms with E-state index in [1.807, 2.05) is 14.1 Å². The van der Waals surface area contributed by atoms with Crippen LogP contribution in [0.15, 0.2) is 48.8 Å². The van der Waals surface area contributed by atoms with Crippen molar-refractivity contribution in [2.45, 2.75) is 6.42 Å². The molecule has 29 heavy (non-hydrogen) atoms. The fourth-order valence-corrected chi connectivity index (χ4v) is 2.78. The molecule has 0 bridgehead atoms. The van der Waals surface area contributed by atoms with E-state index in [4.69, 9.17) is 5.26 Å². The smallest absolute Gasteiger partial charge is 0.252 e. The molecule has 0 spiro atoms. The van der Waals surface area contributed by atoms with Gasteiger partial charge in [0, 0.05) is 12.7 Å². The number of nitrogens with zero attached hydrogens (tertiary/aromatic N) is 5. The zero-order valence-electron chi connectivity index (χ0n) is 16.3. The molecule has 8 heteroatoms. The minimum absolute atomic E-state index is 0.0666. The van der Waals surface area contributed by atoms with Gasteiger partial charge in [-0.05, 0) is 56.9 Å². The van der Waals surface area contributed by atoms with Crippen molar-refractivity contribution in [1.29, 1.82) is 5.26 Å². The monoisotopic (exact) mass is 390 g/mol. The molecule has 3 aromatic rings. The zero-order chi connectivity index (χ0) is 20.8. The fraction of sp³-hybridized carbons (Fsp3) is 0.238. The van der Waals surface area contributed by atoms with Gasteiger partial charge >= 0.3 is 0 Å². The molecule has 0 aliphatic carbocycles. The van der Waals surface area contributed by atoms with Crippen LogP contribution >= 0.6 is 0 Å². The molecule has 0 fully saturated rings. The topological polar surface area (TPSA) is 107 Å². The van der Waals surface area contributed by atoms with Crippen molar-refractivity contribution in [3.63, 3.8) is 0 Å². The summed E-state index contributed by atoms with van der Waals surface area (Å²) in [6.07, 6.45) is 3.85. The summed E-state index contributed by atoms with van der Waals surface area (Å²) in [6, 6.07) is 12.2. The van der Waals surface area contributed by atoms with Crippen molar-refractivity contribution in [3.8, 4) is 28.9 Å². The van der Waals surface area contributed by atoms with Gasteiger partial charge in [-0.25, -0.2) is 4.98 Å². The lowest BCUT2D eigenvalue weighted by Crippen LogP contribution is -2.27. The molecule has 2 heterocycles. The second-order valence-electron chi connectivity index (χ2n) is 6.80. The third-order valence-corrected chi connectivity index (χ3v) is 4.36. The van der Waals surface area contributed by atoms with E-state index in [2.05, 4.69) is 26.4 Å². The van der Waals surface area contributed by atoms with Gasteiger partial charge in [-0.1, -0.05) is 12.1 Å². The van der Waals surface area contributed by atoms with E-state index in [1.54, 1.807) is 36.4 Å². The number of hydrogen-bond acceptors (Lipinski definition) is 6. The van der Waals surface area contributed by atoms with Gasteiger partial charge in [0.25, 0.3) is 5.91 Å². The Kier molecular flexibility index (Phi) is 6.22. The van der Waals surface area contributed by atoms with Crippen LogP contribution in [0.5, 0.6) is 5.88 Å². The highest BCUT2D eigenvalue weighted by Crippen LogP contribution is 2.30. The number of carbonyl (C=O) groups is 1. The average Bonchev–Trinajstić information content (AvgIpc) is 3.12. The largest absolute Gasteiger partial charge is 0.493 e. The Morgan fingerprint density at radius 2 is 1.97 bits per heavy atom. The standard InChI is InChI=1S/C21H22N6O2/c1-26(2)11-3-10-23-20(28)17-8-9-19(24-13-17)27-21(29)18(14-25-27)16-6-4-15(12-22)5-7-16/h4-9,13-14,29H,3,10-11H2,1-2H3,(H,23,28). The molecular weight excluding hydrogens is 368 g/mol. The lowest BCUT2D eigenvalue weighted by molar-refractivity contribution is 0.0952. The first-order chi connectivity index (χ1) is 14.0. The van der Waals surface area contributed by atoms with Crippen molar-refractivity contribution in [1.82, 2.24) is 25.0 Å². The minimum atomic E-state index is -0.189. The Bertz CT molecular complexity index is 1020. The van der Waals surface area contributed by atoms with E-state index in [0.717, 1.165) is 18.5 Å². The van der Waals surface area contributed by atoms with Crippen LogP contribution in [-0.2, 0) is 0 Å². The summed E-state index contributed by atoms with van der Waals surface area (Å²) in [5.74, 6) is 0.139. The van der Waals surface area contributed by atoms with Gasteiger partial charge in [-0.2, -0.15) is 15.0 Å². The van der Waals surface area contributed by atoms with Crippen LogP contribution in [-0.4, -0.2) is 57.9 Å². The Labute approximate surface area is 169 Å². The fourth-order valence-electron chi connectivity index (χ4n) is 2.78. The summed E-state index contributed by atoms with van der Waals surface area (Å²) in [5.41, 5.74) is 2.25. The van der Waals surface area contributed by atoms with Crippen LogP contribution in [0.1, 0.15) is 22.3 Å². The van der Waals surface area contributed by atoms with E-state index in [1.165, 1.54) is 17.1 Å². The summed E-state index contributed by atoms with van der Waals surface area (Å²) in [4.78, 5) is 18.5. The molecule has 0 atom stereocenters. The van der Waals surface area contributed by atoms with Gasteiger partial charge in [-0.3, -0.25) is 4.79 Å². The van der Waals surface area contributed by atoms with E-state index in [0.29, 0.717) is 29.1 Å². The number of rotatable bonds is 7. The summed E-state index contributed by atoms with van der Waals surface area (Å²) in [7, 11) is 3.98. The zero-order valence-corrected chi connectivity index (χ0v) is 16.3. The number of nitriles is 1. The van der Waals surface area contributed by atoms with Crippen molar-refractivity contribution >= 4 is 5.91 Å². The Balaban J connectivity index is 1.71. The third kappa shape index (κ3) is 4.78. The van der Waals surface area contributed by atoms with Crippen LogP contribution < -0.4 is 5.32 Å². The molecule has 0 aliphatic rings. The van der Waals surface area contributed by atoms with Crippen LogP contribution in [0, 0.1) is 11.3 Å². The predicted octanol–water partition coefficient (Wildman–Crippen LogP) is 2.19. The predicted molar refractivity (Wildman–Crippen MR) is 109 cm³/mol. The van der Waals surface area contributed by atoms with Crippen LogP contribution in [0.25, 0.3) is 16.9 Å². The molecular formula is C21H22N6O2. The summed E-state index contributed by atoms with van der Waals surface area (Å²) in [5, 5.41) is 26.5. The molecule has 1 aromatic carbocycles. The van der Waals surface area contributed by atoms with E-state index in [9.17, 15) is 9.90 Å². The number of benzene rings is 1. The Morgan fingerprint density at radius 1 is 1.21 bits per heavy atom. The Hall–Kier alpha value is -3.70. The minimum Gasteiger partial charge on any atom is -0.493 e. The van der Waals surface area contributed by atoms with Crippen molar-refractivity contribution in [2.75, 3.05) is 27.2 Å². The lowest BCUT2D eigenvalue weighted by atomic mass is 10.1. The van der Waals surface area contributed by atoms with Crippen LogP contribution in [0.4, 0.5) is 0 Å². The number of pyridine rings is 1. The molecule has 0 saturated heterocycles. The average molecular weight is 390 g/mol. The molecule has 0 unspecified atom stereocenters. The molecule has 148 valence electrons. The van der Waals surface area contributed by atoms with Crippen LogP contribution in [0.3, 0.4) is 0 Å². The van der Waals surface area contributed by atoms with Crippen molar-refractivity contribution in [2.24, 2.45) is 0 Å². The maximum Gasteiger partial charge on any atom is 0.252 e. The van der Waals surface area contributed by atoms with Crippen LogP contribution in [0.2, 0.25) is 0 Å². The van der Waals surface area contributed by atoms with Gasteiger partial charge in [0.15, 0.2) is 5.82 Å². The van der Waals surface area contributed by atoms with Gasteiger partial charge in [0.1, 0.15) is 0 Å². The first kappa shape index (κ1) is 20.0. The molecule has 3 rings (SSSR count). The number of hydrogen-bond donors (Lipinski definition) is 2. The molecule has 8 nitrogen and oxygen atoms in total. The molecule has 2 N–H and O–H groups in total. The number of nitrogens with one attached hydrogen (secondary N) is 1. The molecule has 1 amide bonds. The highest BCUT2D eigenvalue weighted by atomic mass is 16.3. The first-order valence-corrected chi connectivity index (χ1v) is 9.16. The normalized spacial score (nSPS) is 10.7. The van der Waals surface area contributed by atoms with E-state index < -0.39 is 0 Å². The number of carbonyl (C=O) groups excluding carboxylic acids is 1. The van der Waals surface area contributed by atoms with Crippen molar-refractivity contribution < 1.29 is 9.90 Å². The SMILES string of the molecule is CN(C)CCCNC(=O)c1ccc(-n2ncc(-c3ccc(C#N)cc3)c2O)nc1. The van der Waals surface area contributed by atoms with E-state index in [-0.39, 0.29) is 11.8 Å². The second-order valence-corrected chi connectivity index (χ2v) is 6.80. The second kappa shape index (κ2) is 8.99. The van der Waals surface area contributed by atoms with Gasteiger partial charge in [-0.15, -0.1) is 0 Å². The number of aromatic hydroxyl groups is 1. The summed E-state index contributed by atoms with van der Waals surface area (Å²) >= 11 is 0. The number of amides is 1. The molecule has 0 radical (unpaired) electrons. The van der Waals surface area contributed by atoms with Gasteiger partial charge in [0.05, 0.1) is 29.0 Å². The first-order valence-electron chi connectivity index (χ1n) is 9.16. The number of aromatic nitrogens is 3. The summed E-state index contributed by atoms with van der Waals surface area (Å²) < 4.78 is 1.30. The Morgan fingerprint density at radius 3 is 2.59 bits per heavy atom. The highest BCUT2D eigenvalue weighted by molar-refractivity contribution is 5.93. The summed E-state index contributed by atoms with van der Waals surface area (Å²) in [6.45, 7) is 1.49.